The van der Waals surface area contributed by atoms with Crippen LogP contribution in [0.3, 0.4) is 0 Å². The Kier molecular flexibility index (Phi) is 3.55. The predicted octanol–water partition coefficient (Wildman–Crippen LogP) is 3.52. The second-order valence-electron chi connectivity index (χ2n) is 4.11. The van der Waals surface area contributed by atoms with Gasteiger partial charge in [-0.25, -0.2) is 0 Å². The van der Waals surface area contributed by atoms with E-state index >= 15 is 0 Å². The fourth-order valence-corrected chi connectivity index (χ4v) is 2.11. The molecule has 0 aliphatic carbocycles. The molecule has 1 nitrogen and oxygen atoms in total. The second kappa shape index (κ2) is 5.11. The van der Waals surface area contributed by atoms with Crippen molar-refractivity contribution in [2.45, 2.75) is 0 Å². The summed E-state index contributed by atoms with van der Waals surface area (Å²) in [6, 6.07) is 18.4. The molecule has 0 radical (unpaired) electrons. The summed E-state index contributed by atoms with van der Waals surface area (Å²) < 4.78 is 0. The van der Waals surface area contributed by atoms with E-state index in [1.807, 2.05) is 44.4 Å². The molecule has 0 heterocycles. The van der Waals surface area contributed by atoms with Crippen molar-refractivity contribution in [1.82, 2.24) is 0 Å². The molecule has 0 amide bonds. The van der Waals surface area contributed by atoms with Crippen LogP contribution in [0.2, 0.25) is 0 Å². The molecule has 0 saturated carbocycles. The van der Waals surface area contributed by atoms with Crippen LogP contribution in [0.15, 0.2) is 54.6 Å². The van der Waals surface area contributed by atoms with Crippen molar-refractivity contribution in [3.8, 4) is 0 Å². The minimum absolute atomic E-state index is 0.898. The normalized spacial score (nSPS) is 10.0. The van der Waals surface area contributed by atoms with Crippen LogP contribution >= 0.6 is 12.2 Å². The van der Waals surface area contributed by atoms with Crippen molar-refractivity contribution in [3.63, 3.8) is 0 Å². The first-order chi connectivity index (χ1) is 8.20. The van der Waals surface area contributed by atoms with Gasteiger partial charge < -0.3 is 4.90 Å². The van der Waals surface area contributed by atoms with Gasteiger partial charge in [0.2, 0.25) is 0 Å². The lowest BCUT2D eigenvalue weighted by Gasteiger charge is -2.17. The van der Waals surface area contributed by atoms with E-state index in [-0.39, 0.29) is 0 Å². The van der Waals surface area contributed by atoms with Crippen LogP contribution in [0.1, 0.15) is 11.1 Å². The molecule has 2 heteroatoms. The molecule has 0 spiro atoms. The van der Waals surface area contributed by atoms with Crippen molar-refractivity contribution in [3.05, 3.63) is 65.7 Å². The molecule has 0 atom stereocenters. The molecule has 17 heavy (non-hydrogen) atoms. The van der Waals surface area contributed by atoms with Crippen molar-refractivity contribution in [2.24, 2.45) is 0 Å². The smallest absolute Gasteiger partial charge is 0.0542 e. The van der Waals surface area contributed by atoms with Crippen molar-refractivity contribution in [1.29, 1.82) is 0 Å². The van der Waals surface area contributed by atoms with Gasteiger partial charge in [0.25, 0.3) is 0 Å². The molecule has 2 rings (SSSR count). The SMILES string of the molecule is CN(C)c1ccccc1C(=S)c1ccccc1. The van der Waals surface area contributed by atoms with E-state index in [1.165, 1.54) is 0 Å². The first kappa shape index (κ1) is 11.8. The highest BCUT2D eigenvalue weighted by Crippen LogP contribution is 2.22. The Labute approximate surface area is 108 Å². The molecule has 0 saturated heterocycles. The van der Waals surface area contributed by atoms with Crippen molar-refractivity contribution in [2.75, 3.05) is 19.0 Å². The van der Waals surface area contributed by atoms with Gasteiger partial charge in [0, 0.05) is 25.3 Å². The number of para-hydroxylation sites is 1. The maximum atomic E-state index is 5.57. The van der Waals surface area contributed by atoms with Gasteiger partial charge in [-0.05, 0) is 11.6 Å². The maximum Gasteiger partial charge on any atom is 0.0542 e. The van der Waals surface area contributed by atoms with Crippen LogP contribution in [0.25, 0.3) is 0 Å². The van der Waals surface area contributed by atoms with Crippen LogP contribution in [0, 0.1) is 0 Å². The molecular weight excluding hydrogens is 226 g/mol. The largest absolute Gasteiger partial charge is 0.377 e. The standard InChI is InChI=1S/C15H15NS/c1-16(2)14-11-7-6-10-13(14)15(17)12-8-4-3-5-9-12/h3-11H,1-2H3. The summed E-state index contributed by atoms with van der Waals surface area (Å²) in [5.41, 5.74) is 3.36. The number of thiocarbonyl (C=S) groups is 1. The van der Waals surface area contributed by atoms with Crippen LogP contribution < -0.4 is 4.90 Å². The lowest BCUT2D eigenvalue weighted by molar-refractivity contribution is 1.13. The highest BCUT2D eigenvalue weighted by atomic mass is 32.1. The quantitative estimate of drug-likeness (QED) is 0.597. The minimum atomic E-state index is 0.898. The van der Waals surface area contributed by atoms with Gasteiger partial charge in [0.1, 0.15) is 0 Å². The molecule has 2 aromatic rings. The van der Waals surface area contributed by atoms with E-state index in [0.717, 1.165) is 21.7 Å². The fourth-order valence-electron chi connectivity index (χ4n) is 1.80. The number of hydrogen-bond donors (Lipinski definition) is 0. The van der Waals surface area contributed by atoms with E-state index in [9.17, 15) is 0 Å². The summed E-state index contributed by atoms with van der Waals surface area (Å²) >= 11 is 5.57. The number of hydrogen-bond acceptors (Lipinski definition) is 2. The third-order valence-electron chi connectivity index (χ3n) is 2.67. The van der Waals surface area contributed by atoms with Gasteiger partial charge in [0.05, 0.1) is 4.86 Å². The maximum absolute atomic E-state index is 5.57. The van der Waals surface area contributed by atoms with E-state index in [4.69, 9.17) is 12.2 Å². The molecule has 0 aliphatic rings. The first-order valence-electron chi connectivity index (χ1n) is 5.56. The summed E-state index contributed by atoms with van der Waals surface area (Å²) in [7, 11) is 4.07. The molecule has 0 unspecified atom stereocenters. The predicted molar refractivity (Wildman–Crippen MR) is 78.0 cm³/mol. The van der Waals surface area contributed by atoms with Crippen LogP contribution in [0.5, 0.6) is 0 Å². The van der Waals surface area contributed by atoms with Gasteiger partial charge in [-0.3, -0.25) is 0 Å². The third kappa shape index (κ3) is 2.53. The highest BCUT2D eigenvalue weighted by molar-refractivity contribution is 7.81. The minimum Gasteiger partial charge on any atom is -0.377 e. The Hall–Kier alpha value is -1.67. The zero-order valence-corrected chi connectivity index (χ0v) is 10.9. The first-order valence-corrected chi connectivity index (χ1v) is 5.97. The summed E-state index contributed by atoms with van der Waals surface area (Å²) in [6.45, 7) is 0. The lowest BCUT2D eigenvalue weighted by atomic mass is 10.0. The van der Waals surface area contributed by atoms with E-state index < -0.39 is 0 Å². The van der Waals surface area contributed by atoms with Gasteiger partial charge in [0.15, 0.2) is 0 Å². The summed E-state index contributed by atoms with van der Waals surface area (Å²) in [4.78, 5) is 2.99. The second-order valence-corrected chi connectivity index (χ2v) is 4.51. The van der Waals surface area contributed by atoms with Gasteiger partial charge in [-0.1, -0.05) is 60.7 Å². The summed E-state index contributed by atoms with van der Waals surface area (Å²) in [6.07, 6.45) is 0. The Morgan fingerprint density at radius 3 is 2.12 bits per heavy atom. The Morgan fingerprint density at radius 2 is 1.47 bits per heavy atom. The third-order valence-corrected chi connectivity index (χ3v) is 3.12. The van der Waals surface area contributed by atoms with E-state index in [2.05, 4.69) is 29.2 Å². The topological polar surface area (TPSA) is 3.24 Å². The van der Waals surface area contributed by atoms with Crippen LogP contribution in [0.4, 0.5) is 5.69 Å². The summed E-state index contributed by atoms with van der Waals surface area (Å²) in [5.74, 6) is 0. The molecule has 2 aromatic carbocycles. The fraction of sp³-hybridized carbons (Fsp3) is 0.133. The molecule has 86 valence electrons. The number of rotatable bonds is 3. The monoisotopic (exact) mass is 241 g/mol. The Morgan fingerprint density at radius 1 is 0.882 bits per heavy atom. The van der Waals surface area contributed by atoms with Crippen LogP contribution in [-0.2, 0) is 0 Å². The number of anilines is 1. The van der Waals surface area contributed by atoms with Crippen molar-refractivity contribution < 1.29 is 0 Å². The molecular formula is C15H15NS. The molecule has 0 N–H and O–H groups in total. The van der Waals surface area contributed by atoms with E-state index in [0.29, 0.717) is 0 Å². The molecule has 0 bridgehead atoms. The van der Waals surface area contributed by atoms with Gasteiger partial charge in [-0.2, -0.15) is 0 Å². The van der Waals surface area contributed by atoms with Crippen molar-refractivity contribution >= 4 is 22.8 Å². The number of nitrogens with zero attached hydrogens (tertiary/aromatic N) is 1. The van der Waals surface area contributed by atoms with Gasteiger partial charge in [-0.15, -0.1) is 0 Å². The average Bonchev–Trinajstić information content (AvgIpc) is 2.39. The number of benzene rings is 2. The summed E-state index contributed by atoms with van der Waals surface area (Å²) in [5, 5.41) is 0. The zero-order chi connectivity index (χ0) is 12.3. The molecule has 0 aromatic heterocycles. The Bertz CT molecular complexity index is 517. The highest BCUT2D eigenvalue weighted by Gasteiger charge is 2.09. The van der Waals surface area contributed by atoms with Crippen LogP contribution in [-0.4, -0.2) is 19.0 Å². The van der Waals surface area contributed by atoms with E-state index in [1.54, 1.807) is 0 Å². The van der Waals surface area contributed by atoms with Gasteiger partial charge >= 0.3 is 0 Å². The molecule has 0 aliphatic heterocycles. The average molecular weight is 241 g/mol. The Balaban J connectivity index is 2.45. The molecule has 0 fully saturated rings. The zero-order valence-electron chi connectivity index (χ0n) is 10.1. The lowest BCUT2D eigenvalue weighted by Crippen LogP contribution is -2.13.